The maximum atomic E-state index is 12.8. The summed E-state index contributed by atoms with van der Waals surface area (Å²) in [6.45, 7) is 2.71. The standard InChI is InChI=1S/C16H18F3N3O3/c17-16(18,19)12-1-2-13(14(7-12)22(24)25)15(23)21-5-3-10-8-20-9-11(10)4-6-21/h1-2,7,10-11,20H,3-6,8-9H2/t10-,11+. The second-order valence-corrected chi connectivity index (χ2v) is 6.53. The Labute approximate surface area is 142 Å². The molecule has 0 bridgehead atoms. The quantitative estimate of drug-likeness (QED) is 0.652. The Kier molecular flexibility index (Phi) is 4.68. The highest BCUT2D eigenvalue weighted by Gasteiger charge is 2.36. The molecule has 25 heavy (non-hydrogen) atoms. The number of hydrogen-bond acceptors (Lipinski definition) is 4. The number of benzene rings is 1. The predicted octanol–water partition coefficient (Wildman–Crippen LogP) is 2.69. The van der Waals surface area contributed by atoms with Crippen molar-refractivity contribution in [2.24, 2.45) is 11.8 Å². The summed E-state index contributed by atoms with van der Waals surface area (Å²) in [4.78, 5) is 24.4. The molecule has 2 fully saturated rings. The van der Waals surface area contributed by atoms with E-state index in [0.29, 0.717) is 31.0 Å². The van der Waals surface area contributed by atoms with Crippen molar-refractivity contribution in [2.45, 2.75) is 19.0 Å². The van der Waals surface area contributed by atoms with Crippen molar-refractivity contribution in [1.29, 1.82) is 0 Å². The van der Waals surface area contributed by atoms with E-state index in [0.717, 1.165) is 38.1 Å². The summed E-state index contributed by atoms with van der Waals surface area (Å²) in [5.74, 6) is 0.370. The number of nitro groups is 1. The van der Waals surface area contributed by atoms with Gasteiger partial charge >= 0.3 is 6.18 Å². The number of alkyl halides is 3. The molecule has 3 rings (SSSR count). The van der Waals surface area contributed by atoms with Crippen molar-refractivity contribution in [3.05, 3.63) is 39.4 Å². The lowest BCUT2D eigenvalue weighted by Crippen LogP contribution is -2.33. The third kappa shape index (κ3) is 3.60. The zero-order valence-electron chi connectivity index (χ0n) is 13.4. The average Bonchev–Trinajstić information content (AvgIpc) is 2.91. The van der Waals surface area contributed by atoms with Gasteiger partial charge in [0.2, 0.25) is 0 Å². The maximum Gasteiger partial charge on any atom is 0.416 e. The molecule has 1 aromatic carbocycles. The van der Waals surface area contributed by atoms with Crippen molar-refractivity contribution in [3.8, 4) is 0 Å². The lowest BCUT2D eigenvalue weighted by atomic mass is 9.92. The Morgan fingerprint density at radius 3 is 2.32 bits per heavy atom. The van der Waals surface area contributed by atoms with Crippen LogP contribution in [0, 0.1) is 22.0 Å². The molecule has 6 nitrogen and oxygen atoms in total. The Hall–Kier alpha value is -2.16. The van der Waals surface area contributed by atoms with Crippen molar-refractivity contribution < 1.29 is 22.9 Å². The first-order chi connectivity index (χ1) is 11.8. The van der Waals surface area contributed by atoms with Crippen LogP contribution in [-0.4, -0.2) is 41.9 Å². The number of carbonyl (C=O) groups excluding carboxylic acids is 1. The number of amides is 1. The molecule has 9 heteroatoms. The lowest BCUT2D eigenvalue weighted by molar-refractivity contribution is -0.385. The van der Waals surface area contributed by atoms with Gasteiger partial charge < -0.3 is 10.2 Å². The van der Waals surface area contributed by atoms with Gasteiger partial charge in [0, 0.05) is 19.2 Å². The van der Waals surface area contributed by atoms with Gasteiger partial charge in [0.1, 0.15) is 5.56 Å². The van der Waals surface area contributed by atoms with E-state index in [2.05, 4.69) is 5.32 Å². The van der Waals surface area contributed by atoms with Crippen LogP contribution in [0.2, 0.25) is 0 Å². The molecule has 2 heterocycles. The van der Waals surface area contributed by atoms with Crippen LogP contribution in [0.3, 0.4) is 0 Å². The topological polar surface area (TPSA) is 75.5 Å². The molecule has 2 atom stereocenters. The number of fused-ring (bicyclic) bond motifs is 1. The fourth-order valence-electron chi connectivity index (χ4n) is 3.63. The minimum absolute atomic E-state index is 0.289. The van der Waals surface area contributed by atoms with Crippen LogP contribution in [0.25, 0.3) is 0 Å². The van der Waals surface area contributed by atoms with Crippen LogP contribution in [0.5, 0.6) is 0 Å². The predicted molar refractivity (Wildman–Crippen MR) is 83.1 cm³/mol. The molecule has 2 aliphatic rings. The minimum atomic E-state index is -4.70. The number of carbonyl (C=O) groups is 1. The van der Waals surface area contributed by atoms with E-state index in [9.17, 15) is 28.1 Å². The van der Waals surface area contributed by atoms with Gasteiger partial charge in [-0.2, -0.15) is 13.2 Å². The van der Waals surface area contributed by atoms with Gasteiger partial charge in [0.15, 0.2) is 0 Å². The van der Waals surface area contributed by atoms with E-state index < -0.39 is 28.3 Å². The number of rotatable bonds is 2. The van der Waals surface area contributed by atoms with Crippen molar-refractivity contribution in [3.63, 3.8) is 0 Å². The Morgan fingerprint density at radius 1 is 1.20 bits per heavy atom. The molecule has 0 aromatic heterocycles. The third-order valence-corrected chi connectivity index (χ3v) is 5.06. The first-order valence-corrected chi connectivity index (χ1v) is 8.13. The number of likely N-dealkylation sites (tertiary alicyclic amines) is 1. The molecule has 0 spiro atoms. The lowest BCUT2D eigenvalue weighted by Gasteiger charge is -2.21. The van der Waals surface area contributed by atoms with Gasteiger partial charge in [0.25, 0.3) is 11.6 Å². The highest BCUT2D eigenvalue weighted by molar-refractivity contribution is 5.98. The van der Waals surface area contributed by atoms with Crippen LogP contribution in [0.4, 0.5) is 18.9 Å². The number of nitrogens with zero attached hydrogens (tertiary/aromatic N) is 2. The monoisotopic (exact) mass is 357 g/mol. The summed E-state index contributed by atoms with van der Waals surface area (Å²) in [7, 11) is 0. The van der Waals surface area contributed by atoms with Crippen LogP contribution in [0.1, 0.15) is 28.8 Å². The van der Waals surface area contributed by atoms with Crippen LogP contribution in [0.15, 0.2) is 18.2 Å². The number of nitro benzene ring substituents is 1. The summed E-state index contributed by atoms with van der Waals surface area (Å²) in [6, 6.07) is 2.07. The second-order valence-electron chi connectivity index (χ2n) is 6.53. The fraction of sp³-hybridized carbons (Fsp3) is 0.562. The second kappa shape index (κ2) is 6.62. The summed E-state index contributed by atoms with van der Waals surface area (Å²) >= 11 is 0. The molecular weight excluding hydrogens is 339 g/mol. The zero-order valence-corrected chi connectivity index (χ0v) is 13.4. The van der Waals surface area contributed by atoms with E-state index in [1.807, 2.05) is 0 Å². The molecule has 1 N–H and O–H groups in total. The minimum Gasteiger partial charge on any atom is -0.338 e. The first kappa shape index (κ1) is 17.7. The highest BCUT2D eigenvalue weighted by Crippen LogP contribution is 2.34. The van der Waals surface area contributed by atoms with E-state index in [4.69, 9.17) is 0 Å². The zero-order chi connectivity index (χ0) is 18.2. The largest absolute Gasteiger partial charge is 0.416 e. The van der Waals surface area contributed by atoms with Crippen LogP contribution < -0.4 is 5.32 Å². The molecule has 2 saturated heterocycles. The fourth-order valence-corrected chi connectivity index (χ4v) is 3.63. The molecule has 136 valence electrons. The molecule has 2 aliphatic heterocycles. The van der Waals surface area contributed by atoms with Crippen molar-refractivity contribution in [1.82, 2.24) is 10.2 Å². The first-order valence-electron chi connectivity index (χ1n) is 8.13. The average molecular weight is 357 g/mol. The molecule has 1 amide bonds. The van der Waals surface area contributed by atoms with Gasteiger partial charge in [-0.15, -0.1) is 0 Å². The smallest absolute Gasteiger partial charge is 0.338 e. The normalized spacial score (nSPS) is 23.9. The molecule has 0 saturated carbocycles. The van der Waals surface area contributed by atoms with E-state index in [1.54, 1.807) is 0 Å². The van der Waals surface area contributed by atoms with E-state index in [-0.39, 0.29) is 5.56 Å². The molecule has 0 unspecified atom stereocenters. The summed E-state index contributed by atoms with van der Waals surface area (Å²) in [6.07, 6.45) is -3.12. The number of hydrogen-bond donors (Lipinski definition) is 1. The highest BCUT2D eigenvalue weighted by atomic mass is 19.4. The number of halogens is 3. The van der Waals surface area contributed by atoms with Crippen molar-refractivity contribution in [2.75, 3.05) is 26.2 Å². The van der Waals surface area contributed by atoms with Gasteiger partial charge in [-0.05, 0) is 49.9 Å². The summed E-state index contributed by atoms with van der Waals surface area (Å²) in [5, 5.41) is 14.5. The Morgan fingerprint density at radius 2 is 1.80 bits per heavy atom. The van der Waals surface area contributed by atoms with Gasteiger partial charge in [0.05, 0.1) is 10.5 Å². The van der Waals surface area contributed by atoms with Gasteiger partial charge in [-0.25, -0.2) is 0 Å². The van der Waals surface area contributed by atoms with E-state index in [1.165, 1.54) is 4.90 Å². The SMILES string of the molecule is O=C(c1ccc(C(F)(F)F)cc1[N+](=O)[O-])N1CC[C@@H]2CNC[C@@H]2CC1. The van der Waals surface area contributed by atoms with Gasteiger partial charge in [-0.3, -0.25) is 14.9 Å². The molecular formula is C16H18F3N3O3. The number of nitrogens with one attached hydrogen (secondary N) is 1. The Bertz CT molecular complexity index is 679. The summed E-state index contributed by atoms with van der Waals surface area (Å²) < 4.78 is 38.3. The van der Waals surface area contributed by atoms with E-state index >= 15 is 0 Å². The molecule has 0 aliphatic carbocycles. The van der Waals surface area contributed by atoms with Gasteiger partial charge in [-0.1, -0.05) is 0 Å². The molecule has 1 aromatic rings. The van der Waals surface area contributed by atoms with Crippen molar-refractivity contribution >= 4 is 11.6 Å². The molecule has 0 radical (unpaired) electrons. The maximum absolute atomic E-state index is 12.8. The third-order valence-electron chi connectivity index (χ3n) is 5.06. The summed E-state index contributed by atoms with van der Waals surface area (Å²) in [5.41, 5.74) is -2.22. The Balaban J connectivity index is 1.85. The van der Waals surface area contributed by atoms with Crippen LogP contribution in [-0.2, 0) is 6.18 Å². The van der Waals surface area contributed by atoms with Crippen LogP contribution >= 0.6 is 0 Å².